The molecule has 0 heterocycles. The lowest BCUT2D eigenvalue weighted by atomic mass is 10.2. The molecule has 0 aliphatic heterocycles. The minimum absolute atomic E-state index is 0.246. The highest BCUT2D eigenvalue weighted by molar-refractivity contribution is 6.71. The van der Waals surface area contributed by atoms with Gasteiger partial charge in [0.05, 0.1) is 12.2 Å². The van der Waals surface area contributed by atoms with Gasteiger partial charge in [-0.25, -0.2) is 4.79 Å². The molecule has 0 aliphatic carbocycles. The topological polar surface area (TPSA) is 35.5 Å². The molecular weight excluding hydrogens is 256 g/mol. The summed E-state index contributed by atoms with van der Waals surface area (Å²) in [4.78, 5) is 11.7. The molecule has 0 aliphatic rings. The molecule has 0 N–H and O–H groups in total. The van der Waals surface area contributed by atoms with Crippen molar-refractivity contribution in [3.05, 3.63) is 35.9 Å². The maximum Gasteiger partial charge on any atom is 0.338 e. The predicted octanol–water partition coefficient (Wildman–Crippen LogP) is 3.86. The van der Waals surface area contributed by atoms with Crippen LogP contribution in [0.3, 0.4) is 0 Å². The van der Waals surface area contributed by atoms with Crippen molar-refractivity contribution in [3.63, 3.8) is 0 Å². The van der Waals surface area contributed by atoms with E-state index in [-0.39, 0.29) is 12.1 Å². The SMILES string of the molecule is CC(C)O[Si](C)(C)CCCOC(=O)c1ccccc1. The zero-order valence-electron chi connectivity index (χ0n) is 12.3. The van der Waals surface area contributed by atoms with E-state index in [0.717, 1.165) is 12.5 Å². The van der Waals surface area contributed by atoms with Crippen LogP contribution < -0.4 is 0 Å². The summed E-state index contributed by atoms with van der Waals surface area (Å²) in [6, 6.07) is 10.1. The highest BCUT2D eigenvalue weighted by Crippen LogP contribution is 2.16. The van der Waals surface area contributed by atoms with Crippen LogP contribution in [0.25, 0.3) is 0 Å². The number of esters is 1. The zero-order chi connectivity index (χ0) is 14.3. The Hall–Kier alpha value is -1.13. The molecule has 4 heteroatoms. The van der Waals surface area contributed by atoms with Crippen molar-refractivity contribution in [1.29, 1.82) is 0 Å². The molecular formula is C15H24O3Si. The maximum absolute atomic E-state index is 11.7. The van der Waals surface area contributed by atoms with E-state index < -0.39 is 8.32 Å². The Balaban J connectivity index is 2.26. The second-order valence-corrected chi connectivity index (χ2v) is 9.79. The van der Waals surface area contributed by atoms with Crippen molar-refractivity contribution in [2.45, 2.75) is 45.5 Å². The van der Waals surface area contributed by atoms with Gasteiger partial charge in [-0.2, -0.15) is 0 Å². The molecule has 0 spiro atoms. The van der Waals surface area contributed by atoms with E-state index in [9.17, 15) is 4.79 Å². The second kappa shape index (κ2) is 7.45. The monoisotopic (exact) mass is 280 g/mol. The van der Waals surface area contributed by atoms with Gasteiger partial charge in [0.15, 0.2) is 8.32 Å². The lowest BCUT2D eigenvalue weighted by molar-refractivity contribution is 0.0503. The number of hydrogen-bond acceptors (Lipinski definition) is 3. The maximum atomic E-state index is 11.7. The Morgan fingerprint density at radius 2 is 1.84 bits per heavy atom. The first-order valence-electron chi connectivity index (χ1n) is 6.81. The van der Waals surface area contributed by atoms with Crippen LogP contribution in [0.1, 0.15) is 30.6 Å². The average molecular weight is 280 g/mol. The highest BCUT2D eigenvalue weighted by atomic mass is 28.4. The van der Waals surface area contributed by atoms with Gasteiger partial charge in [-0.15, -0.1) is 0 Å². The van der Waals surface area contributed by atoms with Gasteiger partial charge in [0.2, 0.25) is 0 Å². The van der Waals surface area contributed by atoms with Crippen LogP contribution in [0.15, 0.2) is 30.3 Å². The van der Waals surface area contributed by atoms with Gasteiger partial charge in [-0.3, -0.25) is 0 Å². The van der Waals surface area contributed by atoms with Crippen LogP contribution >= 0.6 is 0 Å². The van der Waals surface area contributed by atoms with Crippen molar-refractivity contribution in [2.75, 3.05) is 6.61 Å². The fourth-order valence-corrected chi connectivity index (χ4v) is 4.41. The summed E-state index contributed by atoms with van der Waals surface area (Å²) in [7, 11) is -1.61. The summed E-state index contributed by atoms with van der Waals surface area (Å²) in [5, 5.41) is 0. The molecule has 1 aromatic rings. The molecule has 0 unspecified atom stereocenters. The van der Waals surface area contributed by atoms with E-state index in [4.69, 9.17) is 9.16 Å². The molecule has 0 radical (unpaired) electrons. The highest BCUT2D eigenvalue weighted by Gasteiger charge is 2.23. The van der Waals surface area contributed by atoms with Gasteiger partial charge in [0.25, 0.3) is 0 Å². The molecule has 0 bridgehead atoms. The van der Waals surface area contributed by atoms with Gasteiger partial charge in [-0.1, -0.05) is 18.2 Å². The molecule has 19 heavy (non-hydrogen) atoms. The average Bonchev–Trinajstić information content (AvgIpc) is 2.34. The first-order chi connectivity index (χ1) is 8.91. The summed E-state index contributed by atoms with van der Waals surface area (Å²) in [6.45, 7) is 8.98. The number of hydrogen-bond donors (Lipinski definition) is 0. The second-order valence-electron chi connectivity index (χ2n) is 5.53. The Kier molecular flexibility index (Phi) is 6.25. The van der Waals surface area contributed by atoms with Gasteiger partial charge < -0.3 is 9.16 Å². The lowest BCUT2D eigenvalue weighted by Gasteiger charge is -2.25. The lowest BCUT2D eigenvalue weighted by Crippen LogP contribution is -2.33. The standard InChI is InChI=1S/C15H24O3Si/c1-13(2)18-19(3,4)12-8-11-17-15(16)14-9-6-5-7-10-14/h5-7,9-10,13H,8,11-12H2,1-4H3. The molecule has 0 atom stereocenters. The smallest absolute Gasteiger partial charge is 0.338 e. The third-order valence-electron chi connectivity index (χ3n) is 2.72. The Bertz CT molecular complexity index is 388. The van der Waals surface area contributed by atoms with Crippen LogP contribution in [-0.2, 0) is 9.16 Å². The van der Waals surface area contributed by atoms with Crippen LogP contribution in [0.4, 0.5) is 0 Å². The van der Waals surface area contributed by atoms with Gasteiger partial charge in [0, 0.05) is 6.10 Å². The molecule has 0 saturated carbocycles. The third-order valence-corrected chi connectivity index (χ3v) is 5.39. The number of ether oxygens (including phenoxy) is 1. The third kappa shape index (κ3) is 6.54. The Labute approximate surface area is 117 Å². The molecule has 3 nitrogen and oxygen atoms in total. The Morgan fingerprint density at radius 3 is 2.42 bits per heavy atom. The number of carbonyl (C=O) groups is 1. The molecule has 0 fully saturated rings. The van der Waals surface area contributed by atoms with Crippen molar-refractivity contribution >= 4 is 14.3 Å². The minimum Gasteiger partial charge on any atom is -0.462 e. The van der Waals surface area contributed by atoms with E-state index in [1.54, 1.807) is 12.1 Å². The number of carbonyl (C=O) groups excluding carboxylic acids is 1. The largest absolute Gasteiger partial charge is 0.462 e. The minimum atomic E-state index is -1.61. The predicted molar refractivity (Wildman–Crippen MR) is 79.9 cm³/mol. The quantitative estimate of drug-likeness (QED) is 0.432. The molecule has 0 amide bonds. The number of rotatable bonds is 7. The van der Waals surface area contributed by atoms with E-state index in [0.29, 0.717) is 12.2 Å². The van der Waals surface area contributed by atoms with Crippen molar-refractivity contribution in [3.8, 4) is 0 Å². The van der Waals surface area contributed by atoms with Crippen LogP contribution in [-0.4, -0.2) is 27.0 Å². The molecule has 1 rings (SSSR count). The van der Waals surface area contributed by atoms with E-state index in [1.165, 1.54) is 0 Å². The summed E-state index contributed by atoms with van der Waals surface area (Å²) in [5.74, 6) is -0.246. The fourth-order valence-electron chi connectivity index (χ4n) is 2.02. The van der Waals surface area contributed by atoms with Gasteiger partial charge >= 0.3 is 5.97 Å². The molecule has 106 valence electrons. The van der Waals surface area contributed by atoms with Gasteiger partial charge in [0.1, 0.15) is 0 Å². The summed E-state index contributed by atoms with van der Waals surface area (Å²) < 4.78 is 11.2. The van der Waals surface area contributed by atoms with Crippen molar-refractivity contribution in [2.24, 2.45) is 0 Å². The van der Waals surface area contributed by atoms with E-state index >= 15 is 0 Å². The normalized spacial score (nSPS) is 11.6. The first kappa shape index (κ1) is 15.9. The van der Waals surface area contributed by atoms with Crippen LogP contribution in [0.5, 0.6) is 0 Å². The molecule has 1 aromatic carbocycles. The fraction of sp³-hybridized carbons (Fsp3) is 0.533. The van der Waals surface area contributed by atoms with Crippen LogP contribution in [0.2, 0.25) is 19.1 Å². The summed E-state index contributed by atoms with van der Waals surface area (Å²) >= 11 is 0. The van der Waals surface area contributed by atoms with E-state index in [1.807, 2.05) is 18.2 Å². The molecule has 0 aromatic heterocycles. The van der Waals surface area contributed by atoms with E-state index in [2.05, 4.69) is 26.9 Å². The van der Waals surface area contributed by atoms with Crippen LogP contribution in [0, 0.1) is 0 Å². The summed E-state index contributed by atoms with van der Waals surface area (Å²) in [6.07, 6.45) is 1.14. The van der Waals surface area contributed by atoms with Crippen molar-refractivity contribution in [1.82, 2.24) is 0 Å². The molecule has 0 saturated heterocycles. The summed E-state index contributed by atoms with van der Waals surface area (Å²) in [5.41, 5.74) is 0.609. The first-order valence-corrected chi connectivity index (χ1v) is 9.92. The zero-order valence-corrected chi connectivity index (χ0v) is 13.3. The van der Waals surface area contributed by atoms with Crippen molar-refractivity contribution < 1.29 is 14.0 Å². The Morgan fingerprint density at radius 1 is 1.21 bits per heavy atom. The van der Waals surface area contributed by atoms with Gasteiger partial charge in [-0.05, 0) is 51.5 Å². The number of benzene rings is 1.